The second-order valence-electron chi connectivity index (χ2n) is 4.95. The SMILES string of the molecule is CCc1nc(N(CC)CCOC)sc1CNC1CC1. The van der Waals surface area contributed by atoms with Crippen LogP contribution < -0.4 is 10.2 Å². The summed E-state index contributed by atoms with van der Waals surface area (Å²) >= 11 is 1.83. The Balaban J connectivity index is 2.01. The van der Waals surface area contributed by atoms with Crippen LogP contribution in [0.4, 0.5) is 5.13 Å². The van der Waals surface area contributed by atoms with Gasteiger partial charge in [0.05, 0.1) is 12.3 Å². The number of hydrogen-bond donors (Lipinski definition) is 1. The van der Waals surface area contributed by atoms with Crippen LogP contribution in [-0.4, -0.2) is 37.8 Å². The third-order valence-electron chi connectivity index (χ3n) is 3.45. The molecule has 4 nitrogen and oxygen atoms in total. The predicted molar refractivity (Wildman–Crippen MR) is 81.1 cm³/mol. The molecule has 1 aromatic rings. The molecule has 0 bridgehead atoms. The first kappa shape index (κ1) is 14.8. The van der Waals surface area contributed by atoms with E-state index in [1.54, 1.807) is 7.11 Å². The first-order valence-corrected chi connectivity index (χ1v) is 8.05. The molecule has 19 heavy (non-hydrogen) atoms. The Bertz CT molecular complexity index is 390. The Labute approximate surface area is 120 Å². The number of likely N-dealkylation sites (N-methyl/N-ethyl adjacent to an activating group) is 1. The van der Waals surface area contributed by atoms with E-state index in [2.05, 4.69) is 24.1 Å². The molecule has 0 aliphatic heterocycles. The van der Waals surface area contributed by atoms with E-state index >= 15 is 0 Å². The van der Waals surface area contributed by atoms with Crippen LogP contribution >= 0.6 is 11.3 Å². The van der Waals surface area contributed by atoms with Crippen LogP contribution in [0.2, 0.25) is 0 Å². The van der Waals surface area contributed by atoms with E-state index in [0.29, 0.717) is 0 Å². The molecule has 1 aliphatic rings. The quantitative estimate of drug-likeness (QED) is 0.755. The molecule has 0 amide bonds. The van der Waals surface area contributed by atoms with E-state index < -0.39 is 0 Å². The van der Waals surface area contributed by atoms with Gasteiger partial charge in [-0.3, -0.25) is 0 Å². The van der Waals surface area contributed by atoms with E-state index in [9.17, 15) is 0 Å². The molecule has 108 valence electrons. The zero-order chi connectivity index (χ0) is 13.7. The van der Waals surface area contributed by atoms with E-state index in [1.807, 2.05) is 11.3 Å². The van der Waals surface area contributed by atoms with Gasteiger partial charge in [-0.2, -0.15) is 0 Å². The van der Waals surface area contributed by atoms with Crippen molar-refractivity contribution in [1.82, 2.24) is 10.3 Å². The van der Waals surface area contributed by atoms with Gasteiger partial charge in [-0.1, -0.05) is 6.92 Å². The van der Waals surface area contributed by atoms with Crippen LogP contribution in [0.1, 0.15) is 37.3 Å². The van der Waals surface area contributed by atoms with Crippen molar-refractivity contribution in [3.63, 3.8) is 0 Å². The fraction of sp³-hybridized carbons (Fsp3) is 0.786. The molecule has 0 radical (unpaired) electrons. The number of methoxy groups -OCH3 is 1. The predicted octanol–water partition coefficient (Wildman–Crippen LogP) is 2.43. The average Bonchev–Trinajstić information content (AvgIpc) is 3.17. The van der Waals surface area contributed by atoms with Crippen LogP contribution in [0, 0.1) is 0 Å². The molecule has 0 unspecified atom stereocenters. The lowest BCUT2D eigenvalue weighted by atomic mass is 10.3. The molecule has 1 aromatic heterocycles. The summed E-state index contributed by atoms with van der Waals surface area (Å²) in [5, 5.41) is 4.73. The van der Waals surface area contributed by atoms with Crippen molar-refractivity contribution in [1.29, 1.82) is 0 Å². The summed E-state index contributed by atoms with van der Waals surface area (Å²) in [5.41, 5.74) is 1.25. The number of hydrogen-bond acceptors (Lipinski definition) is 5. The summed E-state index contributed by atoms with van der Waals surface area (Å²) in [6.45, 7) is 7.99. The molecule has 0 saturated heterocycles. The van der Waals surface area contributed by atoms with Gasteiger partial charge in [-0.15, -0.1) is 11.3 Å². The molecule has 1 fully saturated rings. The fourth-order valence-corrected chi connectivity index (χ4v) is 3.22. The molecule has 2 rings (SSSR count). The minimum absolute atomic E-state index is 0.754. The van der Waals surface area contributed by atoms with Crippen molar-refractivity contribution in [2.45, 2.75) is 45.7 Å². The molecular weight excluding hydrogens is 258 g/mol. The molecular formula is C14H25N3OS. The second kappa shape index (κ2) is 7.22. The van der Waals surface area contributed by atoms with Gasteiger partial charge in [0.25, 0.3) is 0 Å². The fourth-order valence-electron chi connectivity index (χ4n) is 2.03. The van der Waals surface area contributed by atoms with Gasteiger partial charge in [0.2, 0.25) is 0 Å². The van der Waals surface area contributed by atoms with Gasteiger partial charge in [0.1, 0.15) is 0 Å². The molecule has 0 spiro atoms. The van der Waals surface area contributed by atoms with Crippen molar-refractivity contribution in [2.75, 3.05) is 31.7 Å². The smallest absolute Gasteiger partial charge is 0.185 e. The Morgan fingerprint density at radius 2 is 2.21 bits per heavy atom. The van der Waals surface area contributed by atoms with Crippen LogP contribution in [0.3, 0.4) is 0 Å². The molecule has 0 atom stereocenters. The molecule has 1 N–H and O–H groups in total. The minimum Gasteiger partial charge on any atom is -0.383 e. The van der Waals surface area contributed by atoms with E-state index in [1.165, 1.54) is 23.4 Å². The van der Waals surface area contributed by atoms with E-state index in [0.717, 1.165) is 43.8 Å². The lowest BCUT2D eigenvalue weighted by Crippen LogP contribution is -2.26. The number of ether oxygens (including phenoxy) is 1. The number of aromatic nitrogens is 1. The summed E-state index contributed by atoms with van der Waals surface area (Å²) < 4.78 is 5.17. The van der Waals surface area contributed by atoms with Gasteiger partial charge in [0.15, 0.2) is 5.13 Å². The van der Waals surface area contributed by atoms with Gasteiger partial charge in [-0.25, -0.2) is 4.98 Å². The van der Waals surface area contributed by atoms with Crippen molar-refractivity contribution in [3.05, 3.63) is 10.6 Å². The second-order valence-corrected chi connectivity index (χ2v) is 6.01. The summed E-state index contributed by atoms with van der Waals surface area (Å²) in [7, 11) is 1.75. The zero-order valence-corrected chi connectivity index (χ0v) is 13.1. The summed E-state index contributed by atoms with van der Waals surface area (Å²) in [5.74, 6) is 0. The molecule has 1 saturated carbocycles. The first-order valence-electron chi connectivity index (χ1n) is 7.24. The maximum atomic E-state index is 5.17. The van der Waals surface area contributed by atoms with E-state index in [4.69, 9.17) is 9.72 Å². The standard InChI is InChI=1S/C14H25N3OS/c1-4-12-13(10-15-11-6-7-11)19-14(16-12)17(5-2)8-9-18-3/h11,15H,4-10H2,1-3H3. The molecule has 1 aliphatic carbocycles. The van der Waals surface area contributed by atoms with Gasteiger partial charge < -0.3 is 15.0 Å². The van der Waals surface area contributed by atoms with Crippen LogP contribution in [-0.2, 0) is 17.7 Å². The van der Waals surface area contributed by atoms with Crippen molar-refractivity contribution in [2.24, 2.45) is 0 Å². The third-order valence-corrected chi connectivity index (χ3v) is 4.61. The average molecular weight is 283 g/mol. The highest BCUT2D eigenvalue weighted by molar-refractivity contribution is 7.15. The number of aryl methyl sites for hydroxylation is 1. The Kier molecular flexibility index (Phi) is 5.60. The van der Waals surface area contributed by atoms with Gasteiger partial charge in [0, 0.05) is 37.7 Å². The molecule has 5 heteroatoms. The normalized spacial score (nSPS) is 14.9. The number of nitrogens with zero attached hydrogens (tertiary/aromatic N) is 2. The summed E-state index contributed by atoms with van der Waals surface area (Å²) in [6, 6.07) is 0.756. The highest BCUT2D eigenvalue weighted by Crippen LogP contribution is 2.28. The Hall–Kier alpha value is -0.650. The van der Waals surface area contributed by atoms with Crippen LogP contribution in [0.5, 0.6) is 0 Å². The molecule has 1 heterocycles. The summed E-state index contributed by atoms with van der Waals surface area (Å²) in [6.07, 6.45) is 3.68. The van der Waals surface area contributed by atoms with Crippen molar-refractivity contribution in [3.8, 4) is 0 Å². The first-order chi connectivity index (χ1) is 9.28. The zero-order valence-electron chi connectivity index (χ0n) is 12.2. The monoisotopic (exact) mass is 283 g/mol. The van der Waals surface area contributed by atoms with Crippen LogP contribution in [0.15, 0.2) is 0 Å². The largest absolute Gasteiger partial charge is 0.383 e. The minimum atomic E-state index is 0.754. The lowest BCUT2D eigenvalue weighted by molar-refractivity contribution is 0.205. The number of nitrogens with one attached hydrogen (secondary N) is 1. The van der Waals surface area contributed by atoms with Gasteiger partial charge in [-0.05, 0) is 26.2 Å². The van der Waals surface area contributed by atoms with Gasteiger partial charge >= 0.3 is 0 Å². The maximum absolute atomic E-state index is 5.17. The van der Waals surface area contributed by atoms with Crippen molar-refractivity contribution >= 4 is 16.5 Å². The maximum Gasteiger partial charge on any atom is 0.185 e. The topological polar surface area (TPSA) is 37.4 Å². The summed E-state index contributed by atoms with van der Waals surface area (Å²) in [4.78, 5) is 8.50. The highest BCUT2D eigenvalue weighted by Gasteiger charge is 2.22. The van der Waals surface area contributed by atoms with E-state index in [-0.39, 0.29) is 0 Å². The highest BCUT2D eigenvalue weighted by atomic mass is 32.1. The number of thiazole rings is 1. The Morgan fingerprint density at radius 1 is 1.42 bits per heavy atom. The van der Waals surface area contributed by atoms with Crippen LogP contribution in [0.25, 0.3) is 0 Å². The molecule has 0 aromatic carbocycles. The Morgan fingerprint density at radius 3 is 2.79 bits per heavy atom. The number of anilines is 1. The third kappa shape index (κ3) is 4.16. The lowest BCUT2D eigenvalue weighted by Gasteiger charge is -2.18. The van der Waals surface area contributed by atoms with Crippen molar-refractivity contribution < 1.29 is 4.74 Å². The number of rotatable bonds is 9.